The van der Waals surface area contributed by atoms with E-state index in [2.05, 4.69) is 11.4 Å². The van der Waals surface area contributed by atoms with Gasteiger partial charge in [-0.05, 0) is 12.8 Å². The summed E-state index contributed by atoms with van der Waals surface area (Å²) in [5.41, 5.74) is 0. The summed E-state index contributed by atoms with van der Waals surface area (Å²) in [6, 6.07) is 0. The first kappa shape index (κ1) is 39.0. The topological polar surface area (TPSA) is 149 Å². The summed E-state index contributed by atoms with van der Waals surface area (Å²) in [7, 11) is -4.58. The van der Waals surface area contributed by atoms with Gasteiger partial charge in [0, 0.05) is 12.8 Å². The normalized spacial score (nSPS) is 14.4. The Morgan fingerprint density at radius 3 is 1.60 bits per heavy atom. The molecule has 3 N–H and O–H groups in total. The predicted octanol–water partition coefficient (Wildman–Crippen LogP) is 6.38. The molecule has 0 spiro atoms. The van der Waals surface area contributed by atoms with E-state index in [0.717, 1.165) is 32.1 Å². The van der Waals surface area contributed by atoms with Gasteiger partial charge in [0.05, 0.1) is 19.8 Å². The van der Waals surface area contributed by atoms with Crippen LogP contribution in [0.25, 0.3) is 0 Å². The number of rotatable bonds is 29. The quantitative estimate of drug-likeness (QED) is 0.0504. The van der Waals surface area contributed by atoms with Crippen molar-refractivity contribution in [2.75, 3.05) is 26.4 Å². The maximum atomic E-state index is 12.4. The summed E-state index contributed by atoms with van der Waals surface area (Å²) in [5.74, 6) is -0.949. The Hall–Kier alpha value is -1.03. The van der Waals surface area contributed by atoms with Crippen LogP contribution >= 0.6 is 7.82 Å². The van der Waals surface area contributed by atoms with Gasteiger partial charge in [-0.2, -0.15) is 0 Å². The lowest BCUT2D eigenvalue weighted by Crippen LogP contribution is -2.29. The van der Waals surface area contributed by atoms with Crippen molar-refractivity contribution in [1.82, 2.24) is 0 Å². The number of ether oxygens (including phenoxy) is 2. The van der Waals surface area contributed by atoms with Gasteiger partial charge in [0.2, 0.25) is 0 Å². The van der Waals surface area contributed by atoms with E-state index >= 15 is 0 Å². The van der Waals surface area contributed by atoms with Crippen LogP contribution in [0.1, 0.15) is 136 Å². The third-order valence-corrected chi connectivity index (χ3v) is 7.46. The summed E-state index contributed by atoms with van der Waals surface area (Å²) in [5, 5.41) is 18.1. The fraction of sp³-hybridized carbons (Fsp3) is 0.931. The second kappa shape index (κ2) is 26.8. The molecular formula is C29H57O10P. The number of phosphoric ester groups is 1. The van der Waals surface area contributed by atoms with E-state index in [-0.39, 0.29) is 19.4 Å². The van der Waals surface area contributed by atoms with Crippen LogP contribution < -0.4 is 0 Å². The maximum Gasteiger partial charge on any atom is 0.472 e. The van der Waals surface area contributed by atoms with Gasteiger partial charge in [-0.15, -0.1) is 0 Å². The molecule has 0 aliphatic carbocycles. The molecule has 3 unspecified atom stereocenters. The largest absolute Gasteiger partial charge is 0.472 e. The van der Waals surface area contributed by atoms with Crippen molar-refractivity contribution < 1.29 is 47.8 Å². The van der Waals surface area contributed by atoms with Gasteiger partial charge in [-0.3, -0.25) is 18.6 Å². The highest BCUT2D eigenvalue weighted by atomic mass is 31.2. The first-order valence-corrected chi connectivity index (χ1v) is 17.0. The highest BCUT2D eigenvalue weighted by Crippen LogP contribution is 2.43. The molecule has 11 heteroatoms. The molecule has 0 heterocycles. The van der Waals surface area contributed by atoms with Crippen molar-refractivity contribution in [3.05, 3.63) is 0 Å². The molecule has 0 aromatic carbocycles. The molecule has 0 radical (unpaired) electrons. The highest BCUT2D eigenvalue weighted by Gasteiger charge is 2.27. The Morgan fingerprint density at radius 1 is 0.650 bits per heavy atom. The Morgan fingerprint density at radius 2 is 1.07 bits per heavy atom. The van der Waals surface area contributed by atoms with Crippen molar-refractivity contribution in [3.8, 4) is 0 Å². The Kier molecular flexibility index (Phi) is 26.2. The molecule has 0 rings (SSSR count). The van der Waals surface area contributed by atoms with E-state index < -0.39 is 51.8 Å². The van der Waals surface area contributed by atoms with Crippen LogP contribution in [0.15, 0.2) is 0 Å². The summed E-state index contributed by atoms with van der Waals surface area (Å²) in [6.07, 6.45) is 17.4. The minimum absolute atomic E-state index is 0.189. The number of aliphatic hydroxyl groups excluding tert-OH is 2. The molecule has 0 amide bonds. The van der Waals surface area contributed by atoms with Crippen LogP contribution in [0.2, 0.25) is 0 Å². The second-order valence-corrected chi connectivity index (χ2v) is 11.9. The van der Waals surface area contributed by atoms with Crippen LogP contribution in [0.5, 0.6) is 0 Å². The number of carbonyl (C=O) groups is 2. The van der Waals surface area contributed by atoms with E-state index in [9.17, 15) is 24.2 Å². The van der Waals surface area contributed by atoms with Crippen molar-refractivity contribution in [2.45, 2.75) is 148 Å². The van der Waals surface area contributed by atoms with Crippen molar-refractivity contribution in [3.63, 3.8) is 0 Å². The highest BCUT2D eigenvalue weighted by molar-refractivity contribution is 7.47. The van der Waals surface area contributed by atoms with E-state index in [1.165, 1.54) is 64.2 Å². The van der Waals surface area contributed by atoms with Gasteiger partial charge >= 0.3 is 19.8 Å². The molecule has 0 aliphatic rings. The molecule has 10 nitrogen and oxygen atoms in total. The summed E-state index contributed by atoms with van der Waals surface area (Å²) in [4.78, 5) is 34.1. The van der Waals surface area contributed by atoms with Gasteiger partial charge < -0.3 is 24.6 Å². The van der Waals surface area contributed by atoms with Gasteiger partial charge in [0.15, 0.2) is 6.10 Å². The van der Waals surface area contributed by atoms with Crippen LogP contribution in [0.3, 0.4) is 0 Å². The van der Waals surface area contributed by atoms with Crippen LogP contribution in [-0.2, 0) is 32.7 Å². The lowest BCUT2D eigenvalue weighted by molar-refractivity contribution is -0.161. The monoisotopic (exact) mass is 596 g/mol. The fourth-order valence-corrected chi connectivity index (χ4v) is 4.84. The molecule has 0 fully saturated rings. The fourth-order valence-electron chi connectivity index (χ4n) is 4.05. The number of carbonyl (C=O) groups excluding carboxylic acids is 2. The van der Waals surface area contributed by atoms with E-state index in [0.29, 0.717) is 12.8 Å². The summed E-state index contributed by atoms with van der Waals surface area (Å²) < 4.78 is 32.1. The van der Waals surface area contributed by atoms with Gasteiger partial charge in [0.25, 0.3) is 0 Å². The minimum atomic E-state index is -4.58. The first-order chi connectivity index (χ1) is 19.2. The third kappa shape index (κ3) is 25.9. The maximum absolute atomic E-state index is 12.4. The molecule has 3 atom stereocenters. The Bertz CT molecular complexity index is 661. The number of hydrogen-bond donors (Lipinski definition) is 3. The average Bonchev–Trinajstić information content (AvgIpc) is 2.93. The van der Waals surface area contributed by atoms with E-state index in [1.807, 2.05) is 6.92 Å². The molecule has 0 aliphatic heterocycles. The van der Waals surface area contributed by atoms with Gasteiger partial charge in [-0.1, -0.05) is 110 Å². The zero-order valence-corrected chi connectivity index (χ0v) is 26.0. The first-order valence-electron chi connectivity index (χ1n) is 15.5. The SMILES string of the molecule is CCCCCCCCCCCCCCCCC(=O)OC(COC(=O)CCCCC)COP(=O)(O)OCC(O)CO. The molecular weight excluding hydrogens is 539 g/mol. The summed E-state index contributed by atoms with van der Waals surface area (Å²) in [6.45, 7) is 2.16. The average molecular weight is 597 g/mol. The molecule has 238 valence electrons. The molecule has 40 heavy (non-hydrogen) atoms. The summed E-state index contributed by atoms with van der Waals surface area (Å²) >= 11 is 0. The molecule has 0 saturated heterocycles. The Labute approximate surface area is 242 Å². The van der Waals surface area contributed by atoms with Crippen LogP contribution in [0.4, 0.5) is 0 Å². The number of aliphatic hydroxyl groups is 2. The molecule has 0 aromatic rings. The zero-order valence-electron chi connectivity index (χ0n) is 25.1. The van der Waals surface area contributed by atoms with Gasteiger partial charge in [0.1, 0.15) is 12.7 Å². The van der Waals surface area contributed by atoms with E-state index in [1.54, 1.807) is 0 Å². The second-order valence-electron chi connectivity index (χ2n) is 10.5. The lowest BCUT2D eigenvalue weighted by atomic mass is 10.0. The van der Waals surface area contributed by atoms with E-state index in [4.69, 9.17) is 19.1 Å². The lowest BCUT2D eigenvalue weighted by Gasteiger charge is -2.20. The smallest absolute Gasteiger partial charge is 0.462 e. The number of phosphoric acid groups is 1. The zero-order chi connectivity index (χ0) is 29.9. The molecule has 0 saturated carbocycles. The van der Waals surface area contributed by atoms with Crippen molar-refractivity contribution >= 4 is 19.8 Å². The third-order valence-electron chi connectivity index (χ3n) is 6.51. The number of esters is 2. The molecule has 0 bridgehead atoms. The van der Waals surface area contributed by atoms with Crippen LogP contribution in [0, 0.1) is 0 Å². The minimum Gasteiger partial charge on any atom is -0.462 e. The van der Waals surface area contributed by atoms with Crippen molar-refractivity contribution in [2.24, 2.45) is 0 Å². The predicted molar refractivity (Wildman–Crippen MR) is 155 cm³/mol. The number of unbranched alkanes of at least 4 members (excludes halogenated alkanes) is 15. The van der Waals surface area contributed by atoms with Crippen LogP contribution in [-0.4, -0.2) is 65.7 Å². The molecule has 0 aromatic heterocycles. The Balaban J connectivity index is 4.26. The van der Waals surface area contributed by atoms with Gasteiger partial charge in [-0.25, -0.2) is 4.57 Å². The standard InChI is InChI=1S/C29H57O10P/c1-3-5-7-8-9-10-11-12-13-14-15-16-17-19-21-29(33)39-27(24-36-28(32)20-18-6-4-2)25-38-40(34,35)37-23-26(31)22-30/h26-27,30-31H,3-25H2,1-2H3,(H,34,35). The number of hydrogen-bond acceptors (Lipinski definition) is 9. The van der Waals surface area contributed by atoms with Crippen molar-refractivity contribution in [1.29, 1.82) is 0 Å².